The normalized spacial score (nSPS) is 40.6. The van der Waals surface area contributed by atoms with Crippen LogP contribution in [0.2, 0.25) is 0 Å². The van der Waals surface area contributed by atoms with E-state index < -0.39 is 0 Å². The van der Waals surface area contributed by atoms with Gasteiger partial charge in [0.1, 0.15) is 13.2 Å². The van der Waals surface area contributed by atoms with Crippen molar-refractivity contribution in [3.8, 4) is 0 Å². The molecule has 4 rings (SSSR count). The van der Waals surface area contributed by atoms with Crippen molar-refractivity contribution in [3.63, 3.8) is 0 Å². The molecule has 0 aliphatic heterocycles. The summed E-state index contributed by atoms with van der Waals surface area (Å²) in [7, 11) is 0. The third-order valence-corrected chi connectivity index (χ3v) is 5.02. The van der Waals surface area contributed by atoms with Crippen LogP contribution < -0.4 is 0 Å². The van der Waals surface area contributed by atoms with Crippen LogP contribution in [-0.2, 0) is 14.3 Å². The first-order chi connectivity index (χ1) is 8.72. The SMILES string of the molecule is C=COCCOC(=O)C12CC3CC(CC(C3)C1)C2. The monoisotopic (exact) mass is 250 g/mol. The molecular formula is C15H22O3. The first-order valence-corrected chi connectivity index (χ1v) is 7.11. The Morgan fingerprint density at radius 2 is 1.67 bits per heavy atom. The van der Waals surface area contributed by atoms with E-state index in [2.05, 4.69) is 6.58 Å². The molecule has 4 bridgehead atoms. The van der Waals surface area contributed by atoms with E-state index in [1.807, 2.05) is 0 Å². The van der Waals surface area contributed by atoms with E-state index in [1.165, 1.54) is 25.5 Å². The molecule has 3 nitrogen and oxygen atoms in total. The Bertz CT molecular complexity index is 312. The van der Waals surface area contributed by atoms with Crippen molar-refractivity contribution in [3.05, 3.63) is 12.8 Å². The summed E-state index contributed by atoms with van der Waals surface area (Å²) in [5, 5.41) is 0. The van der Waals surface area contributed by atoms with E-state index in [1.54, 1.807) is 0 Å². The van der Waals surface area contributed by atoms with Crippen LogP contribution in [0.25, 0.3) is 0 Å². The van der Waals surface area contributed by atoms with E-state index in [9.17, 15) is 4.79 Å². The molecule has 4 aliphatic rings. The third-order valence-electron chi connectivity index (χ3n) is 5.02. The zero-order chi connectivity index (χ0) is 12.6. The fourth-order valence-corrected chi connectivity index (χ4v) is 4.78. The molecule has 0 aromatic carbocycles. The lowest BCUT2D eigenvalue weighted by molar-refractivity contribution is -0.172. The summed E-state index contributed by atoms with van der Waals surface area (Å²) in [5.74, 6) is 2.39. The second kappa shape index (κ2) is 4.60. The van der Waals surface area contributed by atoms with Crippen molar-refractivity contribution >= 4 is 5.97 Å². The van der Waals surface area contributed by atoms with Gasteiger partial charge in [0, 0.05) is 0 Å². The second-order valence-corrected chi connectivity index (χ2v) is 6.37. The average molecular weight is 250 g/mol. The van der Waals surface area contributed by atoms with Gasteiger partial charge in [0.15, 0.2) is 0 Å². The Hall–Kier alpha value is -0.990. The minimum Gasteiger partial charge on any atom is -0.498 e. The molecule has 100 valence electrons. The number of carbonyl (C=O) groups excluding carboxylic acids is 1. The molecule has 3 heteroatoms. The summed E-state index contributed by atoms with van der Waals surface area (Å²) >= 11 is 0. The molecule has 0 N–H and O–H groups in total. The standard InChI is InChI=1S/C15H22O3/c1-2-17-3-4-18-14(16)15-8-11-5-12(9-15)7-13(6-11)10-15/h2,11-13H,1,3-10H2. The molecule has 0 radical (unpaired) electrons. The van der Waals surface area contributed by atoms with Gasteiger partial charge in [-0.05, 0) is 56.3 Å². The Morgan fingerprint density at radius 3 is 2.17 bits per heavy atom. The molecule has 0 aromatic rings. The maximum atomic E-state index is 12.4. The fourth-order valence-electron chi connectivity index (χ4n) is 4.78. The maximum Gasteiger partial charge on any atom is 0.312 e. The van der Waals surface area contributed by atoms with Crippen LogP contribution in [0, 0.1) is 23.2 Å². The van der Waals surface area contributed by atoms with Crippen molar-refractivity contribution < 1.29 is 14.3 Å². The Kier molecular flexibility index (Phi) is 3.08. The van der Waals surface area contributed by atoms with Crippen LogP contribution in [0.4, 0.5) is 0 Å². The van der Waals surface area contributed by atoms with Crippen molar-refractivity contribution in [2.24, 2.45) is 23.2 Å². The number of rotatable bonds is 5. The highest BCUT2D eigenvalue weighted by Crippen LogP contribution is 2.60. The molecule has 4 saturated carbocycles. The summed E-state index contributed by atoms with van der Waals surface area (Å²) in [6.07, 6.45) is 8.66. The fraction of sp³-hybridized carbons (Fsp3) is 0.800. The van der Waals surface area contributed by atoms with Gasteiger partial charge in [-0.3, -0.25) is 4.79 Å². The van der Waals surface area contributed by atoms with Crippen LogP contribution in [-0.4, -0.2) is 19.2 Å². The van der Waals surface area contributed by atoms with E-state index in [4.69, 9.17) is 9.47 Å². The maximum absolute atomic E-state index is 12.4. The largest absolute Gasteiger partial charge is 0.498 e. The van der Waals surface area contributed by atoms with Crippen molar-refractivity contribution in [1.82, 2.24) is 0 Å². The molecule has 18 heavy (non-hydrogen) atoms. The van der Waals surface area contributed by atoms with Crippen molar-refractivity contribution in [2.45, 2.75) is 38.5 Å². The van der Waals surface area contributed by atoms with E-state index in [0.717, 1.165) is 37.0 Å². The number of ether oxygens (including phenoxy) is 2. The molecule has 4 fully saturated rings. The molecular weight excluding hydrogens is 228 g/mol. The lowest BCUT2D eigenvalue weighted by Gasteiger charge is -2.55. The van der Waals surface area contributed by atoms with Gasteiger partial charge < -0.3 is 9.47 Å². The van der Waals surface area contributed by atoms with Crippen LogP contribution in [0.3, 0.4) is 0 Å². The first kappa shape index (κ1) is 12.1. The predicted octanol–water partition coefficient (Wildman–Crippen LogP) is 2.91. The molecule has 0 aromatic heterocycles. The summed E-state index contributed by atoms with van der Waals surface area (Å²) in [6, 6.07) is 0. The smallest absolute Gasteiger partial charge is 0.312 e. The topological polar surface area (TPSA) is 35.5 Å². The van der Waals surface area contributed by atoms with Crippen LogP contribution in [0.1, 0.15) is 38.5 Å². The quantitative estimate of drug-likeness (QED) is 0.427. The number of esters is 1. The molecule has 0 amide bonds. The second-order valence-electron chi connectivity index (χ2n) is 6.37. The first-order valence-electron chi connectivity index (χ1n) is 7.11. The Labute approximate surface area is 109 Å². The van der Waals surface area contributed by atoms with E-state index in [-0.39, 0.29) is 11.4 Å². The minimum atomic E-state index is -0.136. The molecule has 0 unspecified atom stereocenters. The van der Waals surface area contributed by atoms with Crippen LogP contribution in [0.15, 0.2) is 12.8 Å². The Balaban J connectivity index is 1.60. The van der Waals surface area contributed by atoms with Gasteiger partial charge >= 0.3 is 5.97 Å². The van der Waals surface area contributed by atoms with Gasteiger partial charge in [-0.25, -0.2) is 0 Å². The summed E-state index contributed by atoms with van der Waals surface area (Å²) in [5.41, 5.74) is -0.136. The summed E-state index contributed by atoms with van der Waals surface area (Å²) in [6.45, 7) is 4.24. The lowest BCUT2D eigenvalue weighted by Crippen LogP contribution is -2.50. The molecule has 0 saturated heterocycles. The number of hydrogen-bond acceptors (Lipinski definition) is 3. The molecule has 4 aliphatic carbocycles. The number of carbonyl (C=O) groups is 1. The highest BCUT2D eigenvalue weighted by molar-refractivity contribution is 5.77. The molecule has 0 spiro atoms. The van der Waals surface area contributed by atoms with Gasteiger partial charge in [-0.1, -0.05) is 6.58 Å². The molecule has 0 atom stereocenters. The highest BCUT2D eigenvalue weighted by Gasteiger charge is 2.55. The minimum absolute atomic E-state index is 0.0364. The summed E-state index contributed by atoms with van der Waals surface area (Å²) in [4.78, 5) is 12.4. The van der Waals surface area contributed by atoms with Crippen molar-refractivity contribution in [1.29, 1.82) is 0 Å². The van der Waals surface area contributed by atoms with Crippen LogP contribution in [0.5, 0.6) is 0 Å². The summed E-state index contributed by atoms with van der Waals surface area (Å²) < 4.78 is 10.4. The predicted molar refractivity (Wildman–Crippen MR) is 67.7 cm³/mol. The Morgan fingerprint density at radius 1 is 1.11 bits per heavy atom. The van der Waals surface area contributed by atoms with Gasteiger partial charge in [0.25, 0.3) is 0 Å². The average Bonchev–Trinajstić information content (AvgIpc) is 2.32. The van der Waals surface area contributed by atoms with Gasteiger partial charge in [0.2, 0.25) is 0 Å². The van der Waals surface area contributed by atoms with Crippen molar-refractivity contribution in [2.75, 3.05) is 13.2 Å². The third kappa shape index (κ3) is 2.04. The van der Waals surface area contributed by atoms with Gasteiger partial charge in [-0.2, -0.15) is 0 Å². The number of hydrogen-bond donors (Lipinski definition) is 0. The van der Waals surface area contributed by atoms with Crippen LogP contribution >= 0.6 is 0 Å². The van der Waals surface area contributed by atoms with Gasteiger partial charge in [0.05, 0.1) is 11.7 Å². The highest BCUT2D eigenvalue weighted by atomic mass is 16.6. The molecule has 0 heterocycles. The lowest BCUT2D eigenvalue weighted by atomic mass is 9.49. The van der Waals surface area contributed by atoms with E-state index in [0.29, 0.717) is 13.2 Å². The zero-order valence-electron chi connectivity index (χ0n) is 10.9. The van der Waals surface area contributed by atoms with E-state index >= 15 is 0 Å². The van der Waals surface area contributed by atoms with Gasteiger partial charge in [-0.15, -0.1) is 0 Å². The zero-order valence-corrected chi connectivity index (χ0v) is 10.9.